The topological polar surface area (TPSA) is 121 Å². The van der Waals surface area contributed by atoms with Gasteiger partial charge >= 0.3 is 0 Å². The number of hydrogen-bond acceptors (Lipinski definition) is 7. The molecule has 5 rings (SSSR count). The maximum absolute atomic E-state index is 13.4. The Bertz CT molecular complexity index is 1630. The average molecular weight is 683 g/mol. The van der Waals surface area contributed by atoms with Crippen molar-refractivity contribution in [1.29, 1.82) is 5.26 Å². The summed E-state index contributed by atoms with van der Waals surface area (Å²) in [5.74, 6) is 2.70. The van der Waals surface area contributed by atoms with Gasteiger partial charge in [-0.1, -0.05) is 51.1 Å². The number of likely N-dealkylation sites (tertiary alicyclic amines) is 1. The second kappa shape index (κ2) is 16.7. The fourth-order valence-corrected chi connectivity index (χ4v) is 8.07. The Labute approximate surface area is 299 Å². The van der Waals surface area contributed by atoms with E-state index in [2.05, 4.69) is 82.0 Å². The summed E-state index contributed by atoms with van der Waals surface area (Å²) in [6.45, 7) is 15.1. The van der Waals surface area contributed by atoms with Gasteiger partial charge in [-0.05, 0) is 105 Å². The lowest BCUT2D eigenvalue weighted by Gasteiger charge is -2.39. The molecule has 1 aliphatic heterocycles. The first-order valence-electron chi connectivity index (χ1n) is 18.1. The standard InChI is InChI=1S/C36H49N7O2.C4H9N/c1-8-10-11-22(3)32-23(4)12-13-25-18-26(34(45)42(6)7)14-15-29(25)36(32,35-39-30(9-2)40-41-35)16-17-38-21-31(44)43-27(20-37)19-28-24(5)33(28)43;1-4-5(2)3/h8,10,14-15,18,22,24,27-28,33,38H,9,11-13,16-17,19,21H2,1-7H3,(H,39,40,41);4H,1H2,2-3H3/b10-8-;. The summed E-state index contributed by atoms with van der Waals surface area (Å²) < 4.78 is 0. The van der Waals surface area contributed by atoms with E-state index in [-0.39, 0.29) is 36.4 Å². The lowest BCUT2D eigenvalue weighted by Crippen LogP contribution is -2.45. The van der Waals surface area contributed by atoms with Crippen LogP contribution in [0.15, 0.2) is 54.3 Å². The second-order valence-electron chi connectivity index (χ2n) is 14.6. The van der Waals surface area contributed by atoms with E-state index < -0.39 is 5.41 Å². The molecule has 2 aromatic rings. The molecule has 2 amide bonds. The summed E-state index contributed by atoms with van der Waals surface area (Å²) >= 11 is 0. The van der Waals surface area contributed by atoms with E-state index in [0.29, 0.717) is 30.4 Å². The molecule has 6 unspecified atom stereocenters. The summed E-state index contributed by atoms with van der Waals surface area (Å²) in [5, 5.41) is 21.2. The Hall–Kier alpha value is -4.23. The zero-order chi connectivity index (χ0) is 36.7. The van der Waals surface area contributed by atoms with Gasteiger partial charge in [-0.2, -0.15) is 10.4 Å². The molecule has 1 saturated heterocycles. The van der Waals surface area contributed by atoms with E-state index in [1.54, 1.807) is 25.2 Å². The molecular weight excluding hydrogens is 624 g/mol. The molecule has 2 aliphatic carbocycles. The molecule has 3 aliphatic rings. The number of aromatic nitrogens is 3. The van der Waals surface area contributed by atoms with Gasteiger partial charge in [-0.3, -0.25) is 14.7 Å². The molecule has 6 atom stereocenters. The van der Waals surface area contributed by atoms with E-state index in [1.165, 1.54) is 11.1 Å². The van der Waals surface area contributed by atoms with Gasteiger partial charge in [0.2, 0.25) is 5.91 Å². The third kappa shape index (κ3) is 7.88. The van der Waals surface area contributed by atoms with Crippen LogP contribution in [0.1, 0.15) is 93.4 Å². The van der Waals surface area contributed by atoms with Crippen molar-refractivity contribution in [2.24, 2.45) is 17.8 Å². The maximum Gasteiger partial charge on any atom is 0.253 e. The van der Waals surface area contributed by atoms with Gasteiger partial charge in [0.05, 0.1) is 18.0 Å². The summed E-state index contributed by atoms with van der Waals surface area (Å²) in [6.07, 6.45) is 10.8. The molecule has 2 heterocycles. The number of allylic oxidation sites excluding steroid dienone is 4. The number of nitrogens with one attached hydrogen (secondary N) is 2. The molecule has 0 bridgehead atoms. The second-order valence-corrected chi connectivity index (χ2v) is 14.6. The van der Waals surface area contributed by atoms with Gasteiger partial charge in [0.1, 0.15) is 11.9 Å². The molecule has 10 nitrogen and oxygen atoms in total. The highest BCUT2D eigenvalue weighted by atomic mass is 16.2. The zero-order valence-electron chi connectivity index (χ0n) is 31.7. The molecular formula is C40H58N8O2. The minimum atomic E-state index is -0.657. The number of H-pyrrole nitrogens is 1. The van der Waals surface area contributed by atoms with E-state index >= 15 is 0 Å². The molecule has 1 aromatic carbocycles. The molecule has 0 radical (unpaired) electrons. The summed E-state index contributed by atoms with van der Waals surface area (Å²) in [5.41, 5.74) is 4.93. The average Bonchev–Trinajstić information content (AvgIpc) is 3.43. The Morgan fingerprint density at radius 2 is 1.98 bits per heavy atom. The number of carbonyl (C=O) groups excluding carboxylic acids is 2. The summed E-state index contributed by atoms with van der Waals surface area (Å²) in [6, 6.07) is 8.35. The number of hydrogen-bond donors (Lipinski definition) is 2. The molecule has 0 spiro atoms. The van der Waals surface area contributed by atoms with Crippen molar-refractivity contribution < 1.29 is 9.59 Å². The lowest BCUT2D eigenvalue weighted by molar-refractivity contribution is -0.131. The fraction of sp³-hybridized carbons (Fsp3) is 0.575. The Kier molecular flexibility index (Phi) is 12.8. The Balaban J connectivity index is 0.00000105. The third-order valence-corrected chi connectivity index (χ3v) is 10.8. The highest BCUT2D eigenvalue weighted by Gasteiger charge is 2.60. The van der Waals surface area contributed by atoms with Crippen LogP contribution in [0.2, 0.25) is 0 Å². The normalized spacial score (nSPS) is 24.4. The van der Waals surface area contributed by atoms with Crippen LogP contribution in [0.3, 0.4) is 0 Å². The van der Waals surface area contributed by atoms with Gasteiger partial charge in [-0.25, -0.2) is 4.98 Å². The molecule has 1 aromatic heterocycles. The van der Waals surface area contributed by atoms with Crippen LogP contribution in [-0.2, 0) is 23.1 Å². The Morgan fingerprint density at radius 1 is 1.26 bits per heavy atom. The molecule has 2 fully saturated rings. The van der Waals surface area contributed by atoms with Crippen molar-refractivity contribution in [2.45, 2.75) is 90.6 Å². The predicted molar refractivity (Wildman–Crippen MR) is 199 cm³/mol. The van der Waals surface area contributed by atoms with Crippen LogP contribution in [0.25, 0.3) is 0 Å². The van der Waals surface area contributed by atoms with Crippen molar-refractivity contribution in [3.05, 3.63) is 82.6 Å². The number of amides is 2. The number of carbonyl (C=O) groups is 2. The first-order valence-corrected chi connectivity index (χ1v) is 18.1. The quantitative estimate of drug-likeness (QED) is 0.219. The van der Waals surface area contributed by atoms with E-state index in [4.69, 9.17) is 10.1 Å². The molecule has 270 valence electrons. The van der Waals surface area contributed by atoms with Crippen molar-refractivity contribution in [3.8, 4) is 6.07 Å². The molecule has 10 heteroatoms. The number of rotatable bonds is 12. The van der Waals surface area contributed by atoms with Crippen LogP contribution in [-0.4, -0.2) is 95.1 Å². The van der Waals surface area contributed by atoms with E-state index in [1.807, 2.05) is 30.0 Å². The first kappa shape index (κ1) is 38.6. The van der Waals surface area contributed by atoms with Crippen molar-refractivity contribution in [2.75, 3.05) is 41.3 Å². The molecule has 2 N–H and O–H groups in total. The number of benzene rings is 1. The SMILES string of the molecule is C/C=C\CC(C)C1=C(C)CCc2cc(C(=O)N(C)C)ccc2C1(CCNCC(=O)N1C(C#N)CC2C(C)C21)c1n[nH]c(CC)n1.C=CN(C)C. The minimum absolute atomic E-state index is 0.000108. The number of nitrogens with zero attached hydrogens (tertiary/aromatic N) is 6. The van der Waals surface area contributed by atoms with Gasteiger partial charge < -0.3 is 20.0 Å². The van der Waals surface area contributed by atoms with Crippen molar-refractivity contribution >= 4 is 11.8 Å². The van der Waals surface area contributed by atoms with E-state index in [0.717, 1.165) is 54.9 Å². The number of fused-ring (bicyclic) bond motifs is 2. The third-order valence-electron chi connectivity index (χ3n) is 10.8. The first-order chi connectivity index (χ1) is 23.9. The number of nitriles is 1. The molecule has 1 saturated carbocycles. The van der Waals surface area contributed by atoms with Gasteiger partial charge in [0.25, 0.3) is 5.91 Å². The molecule has 50 heavy (non-hydrogen) atoms. The summed E-state index contributed by atoms with van der Waals surface area (Å²) in [4.78, 5) is 36.9. The number of aromatic amines is 1. The van der Waals surface area contributed by atoms with Gasteiger partial charge in [0, 0.05) is 46.2 Å². The number of piperidine rings is 1. The highest BCUT2D eigenvalue weighted by molar-refractivity contribution is 5.94. The lowest BCUT2D eigenvalue weighted by atomic mass is 9.65. The van der Waals surface area contributed by atoms with Crippen LogP contribution >= 0.6 is 0 Å². The van der Waals surface area contributed by atoms with E-state index in [9.17, 15) is 14.9 Å². The Morgan fingerprint density at radius 3 is 2.58 bits per heavy atom. The largest absolute Gasteiger partial charge is 0.384 e. The zero-order valence-corrected chi connectivity index (χ0v) is 31.7. The minimum Gasteiger partial charge on any atom is -0.384 e. The van der Waals surface area contributed by atoms with Gasteiger partial charge in [0.15, 0.2) is 5.82 Å². The highest BCUT2D eigenvalue weighted by Crippen LogP contribution is 2.53. The monoisotopic (exact) mass is 682 g/mol. The summed E-state index contributed by atoms with van der Waals surface area (Å²) in [7, 11) is 7.44. The smallest absolute Gasteiger partial charge is 0.253 e. The van der Waals surface area contributed by atoms with Crippen molar-refractivity contribution in [1.82, 2.24) is 35.2 Å². The predicted octanol–water partition coefficient (Wildman–Crippen LogP) is 5.65. The number of aryl methyl sites for hydroxylation is 2. The van der Waals surface area contributed by atoms with Crippen molar-refractivity contribution in [3.63, 3.8) is 0 Å². The van der Waals surface area contributed by atoms with Crippen LogP contribution in [0.4, 0.5) is 0 Å². The maximum atomic E-state index is 13.4. The van der Waals surface area contributed by atoms with Crippen LogP contribution in [0, 0.1) is 29.1 Å². The fourth-order valence-electron chi connectivity index (χ4n) is 8.07. The van der Waals surface area contributed by atoms with Gasteiger partial charge in [-0.15, -0.1) is 0 Å². The van der Waals surface area contributed by atoms with Crippen LogP contribution < -0.4 is 5.32 Å². The van der Waals surface area contributed by atoms with Crippen LogP contribution in [0.5, 0.6) is 0 Å².